The number of likely N-dealkylation sites (N-methyl/N-ethyl adjacent to an activating group) is 1. The van der Waals surface area contributed by atoms with Crippen molar-refractivity contribution in [2.24, 2.45) is 5.92 Å². The molecule has 2 heterocycles. The molecule has 1 amide bonds. The zero-order valence-electron chi connectivity index (χ0n) is 12.3. The van der Waals surface area contributed by atoms with Crippen molar-refractivity contribution >= 4 is 5.91 Å². The van der Waals surface area contributed by atoms with Crippen LogP contribution in [0.25, 0.3) is 0 Å². The SMILES string of the molecule is CCNC1COCC1C(=O)NC1CCOc2ccccc21. The molecule has 0 aliphatic carbocycles. The van der Waals surface area contributed by atoms with Crippen LogP contribution in [-0.2, 0) is 9.53 Å². The molecule has 5 heteroatoms. The van der Waals surface area contributed by atoms with Gasteiger partial charge in [-0.25, -0.2) is 0 Å². The molecule has 21 heavy (non-hydrogen) atoms. The largest absolute Gasteiger partial charge is 0.493 e. The fraction of sp³-hybridized carbons (Fsp3) is 0.562. The van der Waals surface area contributed by atoms with Crippen molar-refractivity contribution in [3.05, 3.63) is 29.8 Å². The smallest absolute Gasteiger partial charge is 0.227 e. The van der Waals surface area contributed by atoms with Gasteiger partial charge in [-0.05, 0) is 12.6 Å². The number of amides is 1. The van der Waals surface area contributed by atoms with Gasteiger partial charge in [0, 0.05) is 18.0 Å². The number of para-hydroxylation sites is 1. The molecule has 114 valence electrons. The molecule has 0 aromatic heterocycles. The molecule has 0 bridgehead atoms. The van der Waals surface area contributed by atoms with Crippen LogP contribution in [0.2, 0.25) is 0 Å². The van der Waals surface area contributed by atoms with Gasteiger partial charge >= 0.3 is 0 Å². The molecule has 3 unspecified atom stereocenters. The Hall–Kier alpha value is -1.59. The predicted octanol–water partition coefficient (Wildman–Crippen LogP) is 1.25. The number of carbonyl (C=O) groups excluding carboxylic acids is 1. The minimum Gasteiger partial charge on any atom is -0.493 e. The number of nitrogens with one attached hydrogen (secondary N) is 2. The van der Waals surface area contributed by atoms with Gasteiger partial charge in [-0.1, -0.05) is 25.1 Å². The molecule has 5 nitrogen and oxygen atoms in total. The maximum atomic E-state index is 12.5. The van der Waals surface area contributed by atoms with E-state index in [1.807, 2.05) is 31.2 Å². The predicted molar refractivity (Wildman–Crippen MR) is 79.2 cm³/mol. The van der Waals surface area contributed by atoms with Crippen LogP contribution in [0.1, 0.15) is 24.9 Å². The Balaban J connectivity index is 1.68. The zero-order chi connectivity index (χ0) is 14.7. The molecule has 1 aromatic carbocycles. The van der Waals surface area contributed by atoms with E-state index >= 15 is 0 Å². The third kappa shape index (κ3) is 3.04. The summed E-state index contributed by atoms with van der Waals surface area (Å²) in [5.41, 5.74) is 1.07. The van der Waals surface area contributed by atoms with E-state index in [1.54, 1.807) is 0 Å². The number of carbonyl (C=O) groups is 1. The van der Waals surface area contributed by atoms with Gasteiger partial charge in [0.05, 0.1) is 31.8 Å². The molecule has 0 spiro atoms. The number of hydrogen-bond donors (Lipinski definition) is 2. The molecular weight excluding hydrogens is 268 g/mol. The summed E-state index contributed by atoms with van der Waals surface area (Å²) in [5.74, 6) is 0.833. The number of ether oxygens (including phenoxy) is 2. The third-order valence-corrected chi connectivity index (χ3v) is 4.16. The van der Waals surface area contributed by atoms with Crippen molar-refractivity contribution in [3.8, 4) is 5.75 Å². The van der Waals surface area contributed by atoms with Gasteiger partial charge < -0.3 is 20.1 Å². The number of rotatable bonds is 4. The highest BCUT2D eigenvalue weighted by molar-refractivity contribution is 5.80. The molecule has 0 radical (unpaired) electrons. The van der Waals surface area contributed by atoms with Gasteiger partial charge in [0.1, 0.15) is 5.75 Å². The second-order valence-corrected chi connectivity index (χ2v) is 5.54. The molecule has 2 aliphatic rings. The van der Waals surface area contributed by atoms with Crippen molar-refractivity contribution in [1.29, 1.82) is 0 Å². The lowest BCUT2D eigenvalue weighted by Gasteiger charge is -2.28. The quantitative estimate of drug-likeness (QED) is 0.876. The van der Waals surface area contributed by atoms with Gasteiger partial charge in [0.15, 0.2) is 0 Å². The van der Waals surface area contributed by atoms with Gasteiger partial charge in [-0.15, -0.1) is 0 Å². The Morgan fingerprint density at radius 1 is 1.33 bits per heavy atom. The first-order valence-electron chi connectivity index (χ1n) is 7.63. The molecule has 2 aliphatic heterocycles. The van der Waals surface area contributed by atoms with Crippen LogP contribution in [0.5, 0.6) is 5.75 Å². The van der Waals surface area contributed by atoms with Crippen LogP contribution >= 0.6 is 0 Å². The minimum absolute atomic E-state index is 0.0327. The molecule has 0 saturated carbocycles. The van der Waals surface area contributed by atoms with Gasteiger partial charge in [-0.3, -0.25) is 4.79 Å². The van der Waals surface area contributed by atoms with Crippen LogP contribution in [-0.4, -0.2) is 38.3 Å². The summed E-state index contributed by atoms with van der Waals surface area (Å²) in [6.45, 7) is 4.63. The van der Waals surface area contributed by atoms with Crippen LogP contribution in [0.3, 0.4) is 0 Å². The van der Waals surface area contributed by atoms with Crippen LogP contribution in [0.4, 0.5) is 0 Å². The van der Waals surface area contributed by atoms with Crippen molar-refractivity contribution < 1.29 is 14.3 Å². The highest BCUT2D eigenvalue weighted by Gasteiger charge is 2.35. The Morgan fingerprint density at radius 3 is 3.05 bits per heavy atom. The average molecular weight is 290 g/mol. The fourth-order valence-electron chi connectivity index (χ4n) is 3.05. The second kappa shape index (κ2) is 6.45. The summed E-state index contributed by atoms with van der Waals surface area (Å²) >= 11 is 0. The number of benzene rings is 1. The minimum atomic E-state index is -0.111. The summed E-state index contributed by atoms with van der Waals surface area (Å²) in [6, 6.07) is 8.05. The van der Waals surface area contributed by atoms with E-state index in [9.17, 15) is 4.79 Å². The highest BCUT2D eigenvalue weighted by Crippen LogP contribution is 2.32. The van der Waals surface area contributed by atoms with Crippen LogP contribution in [0.15, 0.2) is 24.3 Å². The summed E-state index contributed by atoms with van der Waals surface area (Å²) in [5, 5.41) is 6.49. The summed E-state index contributed by atoms with van der Waals surface area (Å²) in [7, 11) is 0. The normalized spacial score (nSPS) is 27.8. The van der Waals surface area contributed by atoms with E-state index in [2.05, 4.69) is 10.6 Å². The highest BCUT2D eigenvalue weighted by atomic mass is 16.5. The third-order valence-electron chi connectivity index (χ3n) is 4.16. The molecule has 1 aromatic rings. The number of fused-ring (bicyclic) bond motifs is 1. The first-order valence-corrected chi connectivity index (χ1v) is 7.63. The van der Waals surface area contributed by atoms with E-state index in [4.69, 9.17) is 9.47 Å². The van der Waals surface area contributed by atoms with Crippen molar-refractivity contribution in [3.63, 3.8) is 0 Å². The maximum absolute atomic E-state index is 12.5. The summed E-state index contributed by atoms with van der Waals surface area (Å²) < 4.78 is 11.1. The molecule has 1 fully saturated rings. The Kier molecular flexibility index (Phi) is 4.41. The van der Waals surface area contributed by atoms with E-state index < -0.39 is 0 Å². The second-order valence-electron chi connectivity index (χ2n) is 5.54. The standard InChI is InChI=1S/C16H22N2O3/c1-2-17-14-10-20-9-12(14)16(19)18-13-7-8-21-15-6-4-3-5-11(13)15/h3-6,12-14,17H,2,7-10H2,1H3,(H,18,19). The molecule has 3 atom stereocenters. The van der Waals surface area contributed by atoms with E-state index in [0.29, 0.717) is 19.8 Å². The topological polar surface area (TPSA) is 59.6 Å². The average Bonchev–Trinajstić information content (AvgIpc) is 2.96. The van der Waals surface area contributed by atoms with Gasteiger partial charge in [0.25, 0.3) is 0 Å². The maximum Gasteiger partial charge on any atom is 0.227 e. The van der Waals surface area contributed by atoms with Crippen molar-refractivity contribution in [2.45, 2.75) is 25.4 Å². The fourth-order valence-corrected chi connectivity index (χ4v) is 3.05. The van der Waals surface area contributed by atoms with Gasteiger partial charge in [0.2, 0.25) is 5.91 Å². The lowest BCUT2D eigenvalue weighted by molar-refractivity contribution is -0.126. The Morgan fingerprint density at radius 2 is 2.19 bits per heavy atom. The van der Waals surface area contributed by atoms with Crippen LogP contribution < -0.4 is 15.4 Å². The number of hydrogen-bond acceptors (Lipinski definition) is 4. The van der Waals surface area contributed by atoms with Crippen molar-refractivity contribution in [2.75, 3.05) is 26.4 Å². The molecule has 3 rings (SSSR count). The first-order chi connectivity index (χ1) is 10.3. The zero-order valence-corrected chi connectivity index (χ0v) is 12.3. The van der Waals surface area contributed by atoms with E-state index in [0.717, 1.165) is 24.3 Å². The first kappa shape index (κ1) is 14.4. The lowest BCUT2D eigenvalue weighted by Crippen LogP contribution is -2.45. The summed E-state index contributed by atoms with van der Waals surface area (Å²) in [4.78, 5) is 12.5. The molecule has 2 N–H and O–H groups in total. The molecular formula is C16H22N2O3. The Bertz CT molecular complexity index is 506. The lowest BCUT2D eigenvalue weighted by atomic mass is 9.97. The molecule has 1 saturated heterocycles. The van der Waals surface area contributed by atoms with E-state index in [1.165, 1.54) is 0 Å². The van der Waals surface area contributed by atoms with Crippen LogP contribution in [0, 0.1) is 5.92 Å². The Labute approximate surface area is 125 Å². The van der Waals surface area contributed by atoms with Gasteiger partial charge in [-0.2, -0.15) is 0 Å². The van der Waals surface area contributed by atoms with Crippen molar-refractivity contribution in [1.82, 2.24) is 10.6 Å². The van der Waals surface area contributed by atoms with E-state index in [-0.39, 0.29) is 23.9 Å². The monoisotopic (exact) mass is 290 g/mol. The summed E-state index contributed by atoms with van der Waals surface area (Å²) in [6.07, 6.45) is 0.808.